The van der Waals surface area contributed by atoms with Crippen LogP contribution in [0.25, 0.3) is 0 Å². The molecular weight excluding hydrogens is 246 g/mol. The van der Waals surface area contributed by atoms with E-state index in [-0.39, 0.29) is 6.10 Å². The summed E-state index contributed by atoms with van der Waals surface area (Å²) in [5.41, 5.74) is 0. The molecule has 1 N–H and O–H groups in total. The summed E-state index contributed by atoms with van der Waals surface area (Å²) >= 11 is 0. The van der Waals surface area contributed by atoms with Gasteiger partial charge >= 0.3 is 6.09 Å². The highest BCUT2D eigenvalue weighted by atomic mass is 16.5. The zero-order valence-electron chi connectivity index (χ0n) is 12.0. The van der Waals surface area contributed by atoms with Gasteiger partial charge in [0.15, 0.2) is 0 Å². The maximum absolute atomic E-state index is 10.7. The minimum atomic E-state index is -0.817. The molecule has 0 radical (unpaired) electrons. The molecule has 5 nitrogen and oxygen atoms in total. The largest absolute Gasteiger partial charge is 0.465 e. The smallest absolute Gasteiger partial charge is 0.407 e. The lowest BCUT2D eigenvalue weighted by molar-refractivity contribution is 0.00601. The zero-order chi connectivity index (χ0) is 13.9. The standard InChI is InChI=1S/C14H27NO4/c1-2-3-10-18-11-4-5-12-19-13-6-8-15(9-7-13)14(16)17/h13H,2-12H2,1H3,(H,16,17). The molecule has 1 fully saturated rings. The van der Waals surface area contributed by atoms with Crippen molar-refractivity contribution < 1.29 is 19.4 Å². The molecule has 19 heavy (non-hydrogen) atoms. The van der Waals surface area contributed by atoms with Gasteiger partial charge in [0, 0.05) is 32.9 Å². The highest BCUT2D eigenvalue weighted by Gasteiger charge is 2.22. The Balaban J connectivity index is 1.89. The van der Waals surface area contributed by atoms with Crippen molar-refractivity contribution in [1.82, 2.24) is 4.90 Å². The molecule has 1 rings (SSSR count). The van der Waals surface area contributed by atoms with Crippen LogP contribution in [-0.2, 0) is 9.47 Å². The van der Waals surface area contributed by atoms with E-state index in [0.29, 0.717) is 13.1 Å². The summed E-state index contributed by atoms with van der Waals surface area (Å²) < 4.78 is 11.2. The molecule has 0 bridgehead atoms. The number of rotatable bonds is 9. The molecule has 0 aliphatic carbocycles. The number of carbonyl (C=O) groups is 1. The first-order valence-corrected chi connectivity index (χ1v) is 7.41. The summed E-state index contributed by atoms with van der Waals surface area (Å²) in [5.74, 6) is 0. The molecule has 0 spiro atoms. The van der Waals surface area contributed by atoms with Crippen molar-refractivity contribution in [2.75, 3.05) is 32.9 Å². The van der Waals surface area contributed by atoms with Gasteiger partial charge < -0.3 is 19.5 Å². The maximum Gasteiger partial charge on any atom is 0.407 e. The lowest BCUT2D eigenvalue weighted by atomic mass is 10.1. The monoisotopic (exact) mass is 273 g/mol. The number of ether oxygens (including phenoxy) is 2. The first-order valence-electron chi connectivity index (χ1n) is 7.41. The second-order valence-electron chi connectivity index (χ2n) is 5.01. The van der Waals surface area contributed by atoms with Gasteiger partial charge in [-0.05, 0) is 32.1 Å². The third kappa shape index (κ3) is 7.38. The van der Waals surface area contributed by atoms with E-state index in [1.54, 1.807) is 0 Å². The fourth-order valence-electron chi connectivity index (χ4n) is 2.12. The predicted octanol–water partition coefficient (Wildman–Crippen LogP) is 2.74. The van der Waals surface area contributed by atoms with Crippen LogP contribution in [0, 0.1) is 0 Å². The average molecular weight is 273 g/mol. The number of nitrogens with zero attached hydrogens (tertiary/aromatic N) is 1. The fraction of sp³-hybridized carbons (Fsp3) is 0.929. The summed E-state index contributed by atoms with van der Waals surface area (Å²) in [5, 5.41) is 8.83. The Hall–Kier alpha value is -0.810. The lowest BCUT2D eigenvalue weighted by Crippen LogP contribution is -2.40. The molecule has 0 aromatic carbocycles. The number of likely N-dealkylation sites (tertiary alicyclic amines) is 1. The number of piperidine rings is 1. The van der Waals surface area contributed by atoms with E-state index < -0.39 is 6.09 Å². The fourth-order valence-corrected chi connectivity index (χ4v) is 2.12. The summed E-state index contributed by atoms with van der Waals surface area (Å²) in [6.45, 7) is 5.80. The van der Waals surface area contributed by atoms with Gasteiger partial charge in [-0.3, -0.25) is 0 Å². The van der Waals surface area contributed by atoms with Gasteiger partial charge in [-0.2, -0.15) is 0 Å². The van der Waals surface area contributed by atoms with Crippen molar-refractivity contribution in [3.8, 4) is 0 Å². The van der Waals surface area contributed by atoms with Crippen LogP contribution in [0.1, 0.15) is 45.4 Å². The predicted molar refractivity (Wildman–Crippen MR) is 73.5 cm³/mol. The van der Waals surface area contributed by atoms with Gasteiger partial charge in [-0.15, -0.1) is 0 Å². The van der Waals surface area contributed by atoms with Crippen LogP contribution < -0.4 is 0 Å². The van der Waals surface area contributed by atoms with E-state index in [1.807, 2.05) is 0 Å². The van der Waals surface area contributed by atoms with Crippen molar-refractivity contribution in [3.05, 3.63) is 0 Å². The summed E-state index contributed by atoms with van der Waals surface area (Å²) in [6, 6.07) is 0. The summed E-state index contributed by atoms with van der Waals surface area (Å²) in [6.07, 6.45) is 5.43. The third-order valence-electron chi connectivity index (χ3n) is 3.39. The normalized spacial score (nSPS) is 16.8. The van der Waals surface area contributed by atoms with Crippen LogP contribution in [0.3, 0.4) is 0 Å². The lowest BCUT2D eigenvalue weighted by Gasteiger charge is -2.29. The van der Waals surface area contributed by atoms with Gasteiger partial charge in [-0.25, -0.2) is 4.79 Å². The van der Waals surface area contributed by atoms with E-state index in [1.165, 1.54) is 11.3 Å². The second-order valence-corrected chi connectivity index (χ2v) is 5.01. The van der Waals surface area contributed by atoms with Crippen molar-refractivity contribution in [2.45, 2.75) is 51.6 Å². The molecule has 0 unspecified atom stereocenters. The number of amides is 1. The Kier molecular flexibility index (Phi) is 8.58. The third-order valence-corrected chi connectivity index (χ3v) is 3.39. The number of unbranched alkanes of at least 4 members (excludes halogenated alkanes) is 2. The molecule has 0 atom stereocenters. The van der Waals surface area contributed by atoms with Gasteiger partial charge in [0.1, 0.15) is 0 Å². The Morgan fingerprint density at radius 3 is 2.42 bits per heavy atom. The topological polar surface area (TPSA) is 59.0 Å². The molecule has 5 heteroatoms. The molecule has 0 saturated carbocycles. The molecule has 112 valence electrons. The van der Waals surface area contributed by atoms with Crippen molar-refractivity contribution in [1.29, 1.82) is 0 Å². The molecule has 1 saturated heterocycles. The number of hydrogen-bond acceptors (Lipinski definition) is 3. The average Bonchev–Trinajstić information content (AvgIpc) is 2.42. The maximum atomic E-state index is 10.7. The Bertz CT molecular complexity index is 240. The van der Waals surface area contributed by atoms with Crippen molar-refractivity contribution >= 4 is 6.09 Å². The van der Waals surface area contributed by atoms with Crippen LogP contribution in [0.2, 0.25) is 0 Å². The van der Waals surface area contributed by atoms with E-state index >= 15 is 0 Å². The van der Waals surface area contributed by atoms with Crippen LogP contribution in [0.4, 0.5) is 4.79 Å². The highest BCUT2D eigenvalue weighted by molar-refractivity contribution is 5.64. The van der Waals surface area contributed by atoms with E-state index in [0.717, 1.165) is 51.9 Å². The van der Waals surface area contributed by atoms with Gasteiger partial charge in [0.05, 0.1) is 6.10 Å². The first-order chi connectivity index (χ1) is 9.24. The van der Waals surface area contributed by atoms with E-state index in [2.05, 4.69) is 6.92 Å². The number of hydrogen-bond donors (Lipinski definition) is 1. The second kappa shape index (κ2) is 10.0. The van der Waals surface area contributed by atoms with Crippen molar-refractivity contribution in [2.24, 2.45) is 0 Å². The van der Waals surface area contributed by atoms with Gasteiger partial charge in [-0.1, -0.05) is 13.3 Å². The Morgan fingerprint density at radius 2 is 1.79 bits per heavy atom. The first kappa shape index (κ1) is 16.2. The molecule has 1 amide bonds. The van der Waals surface area contributed by atoms with Crippen LogP contribution in [-0.4, -0.2) is 55.1 Å². The Labute approximate surface area is 115 Å². The van der Waals surface area contributed by atoms with Gasteiger partial charge in [0.2, 0.25) is 0 Å². The minimum Gasteiger partial charge on any atom is -0.465 e. The minimum absolute atomic E-state index is 0.233. The zero-order valence-corrected chi connectivity index (χ0v) is 12.0. The SMILES string of the molecule is CCCCOCCCCOC1CCN(C(=O)O)CC1. The summed E-state index contributed by atoms with van der Waals surface area (Å²) in [7, 11) is 0. The summed E-state index contributed by atoms with van der Waals surface area (Å²) in [4.78, 5) is 12.2. The van der Waals surface area contributed by atoms with E-state index in [4.69, 9.17) is 14.6 Å². The quantitative estimate of drug-likeness (QED) is 0.656. The molecule has 0 aromatic heterocycles. The molecule has 0 aromatic rings. The van der Waals surface area contributed by atoms with Crippen LogP contribution in [0.15, 0.2) is 0 Å². The molecular formula is C14H27NO4. The molecule has 1 aliphatic rings. The molecule has 1 heterocycles. The number of carboxylic acid groups (broad SMARTS) is 1. The Morgan fingerprint density at radius 1 is 1.16 bits per heavy atom. The van der Waals surface area contributed by atoms with Crippen molar-refractivity contribution in [3.63, 3.8) is 0 Å². The molecule has 1 aliphatic heterocycles. The van der Waals surface area contributed by atoms with Crippen LogP contribution in [0.5, 0.6) is 0 Å². The van der Waals surface area contributed by atoms with E-state index in [9.17, 15) is 4.79 Å². The van der Waals surface area contributed by atoms with Crippen LogP contribution >= 0.6 is 0 Å². The highest BCUT2D eigenvalue weighted by Crippen LogP contribution is 2.14. The van der Waals surface area contributed by atoms with Gasteiger partial charge in [0.25, 0.3) is 0 Å².